The van der Waals surface area contributed by atoms with Crippen molar-refractivity contribution >= 4 is 169 Å². The highest BCUT2D eigenvalue weighted by Gasteiger charge is 2.29. The van der Waals surface area contributed by atoms with Crippen LogP contribution in [0.1, 0.15) is 0 Å². The molecule has 0 unspecified atom stereocenters. The van der Waals surface area contributed by atoms with Gasteiger partial charge in [0.1, 0.15) is 52.1 Å². The smallest absolute Gasteiger partial charge is 0.296 e. The number of halogens is 4. The fourth-order valence-electron chi connectivity index (χ4n) is 7.06. The summed E-state index contributed by atoms with van der Waals surface area (Å²) in [4.78, 5) is 28.3. The van der Waals surface area contributed by atoms with E-state index in [-0.39, 0.29) is 44.0 Å². The Morgan fingerprint density at radius 3 is 1.13 bits per heavy atom. The van der Waals surface area contributed by atoms with E-state index >= 15 is 0 Å². The lowest BCUT2D eigenvalue weighted by molar-refractivity contribution is 0.472. The molecule has 13 N–H and O–H groups in total. The molecule has 0 atom stereocenters. The number of hydrogen-bond acceptors (Lipinski definition) is 24. The molecule has 2 aromatic heterocycles. The minimum atomic E-state index is -5.60. The van der Waals surface area contributed by atoms with Gasteiger partial charge in [0.25, 0.3) is 60.7 Å². The maximum absolute atomic E-state index is 12.9. The summed E-state index contributed by atoms with van der Waals surface area (Å²) < 4.78 is 209. The van der Waals surface area contributed by atoms with Crippen molar-refractivity contribution in [1.82, 2.24) is 29.9 Å². The summed E-state index contributed by atoms with van der Waals surface area (Å²) in [7, 11) is -31.3. The Balaban J connectivity index is 1.25. The van der Waals surface area contributed by atoms with Crippen molar-refractivity contribution in [2.75, 3.05) is 5.73 Å². The number of H-pyrrole nitrogens is 4. The van der Waals surface area contributed by atoms with Crippen LogP contribution in [-0.4, -0.2) is 113 Å². The molecule has 8 rings (SSSR count). The van der Waals surface area contributed by atoms with Gasteiger partial charge >= 0.3 is 0 Å². The molecular weight excluding hydrogens is 1330 g/mol. The first-order valence-electron chi connectivity index (χ1n) is 21.4. The molecule has 6 aromatic carbocycles. The molecule has 0 radical (unpaired) electrons. The van der Waals surface area contributed by atoms with E-state index in [1.807, 2.05) is 0 Å². The lowest BCUT2D eigenvalue weighted by Gasteiger charge is -2.14. The lowest BCUT2D eigenvalue weighted by Crippen LogP contribution is -2.26. The number of phenolic OH excluding ortho intramolecular Hbond substituents is 1. The highest BCUT2D eigenvalue weighted by atomic mass is 35.5. The van der Waals surface area contributed by atoms with Crippen molar-refractivity contribution in [3.05, 3.63) is 128 Å². The number of azo groups is 2. The van der Waals surface area contributed by atoms with Crippen LogP contribution in [0.4, 0.5) is 51.2 Å². The first-order valence-corrected chi connectivity index (χ1v) is 31.6. The number of aromatic nitrogens is 6. The fourth-order valence-corrected chi connectivity index (χ4v) is 11.9. The highest BCUT2D eigenvalue weighted by molar-refractivity contribution is 7.87. The number of nitrogens with zero attached hydrogens (tertiary/aromatic N) is 10. The van der Waals surface area contributed by atoms with E-state index in [2.05, 4.69) is 70.3 Å². The third-order valence-electron chi connectivity index (χ3n) is 10.5. The van der Waals surface area contributed by atoms with E-state index in [9.17, 15) is 82.9 Å². The molecule has 8 aromatic rings. The molecular formula is C40H27Cl4N15O19S6. The topological polar surface area (TPSA) is 560 Å². The van der Waals surface area contributed by atoms with Gasteiger partial charge in [-0.2, -0.15) is 60.5 Å². The van der Waals surface area contributed by atoms with Crippen LogP contribution in [0, 0.1) is 0 Å². The van der Waals surface area contributed by atoms with Gasteiger partial charge in [-0.1, -0.05) is 23.2 Å². The normalized spacial score (nSPS) is 14.0. The van der Waals surface area contributed by atoms with E-state index in [4.69, 9.17) is 52.1 Å². The van der Waals surface area contributed by atoms with E-state index in [0.29, 0.717) is 12.1 Å². The van der Waals surface area contributed by atoms with Crippen molar-refractivity contribution < 1.29 is 82.9 Å². The van der Waals surface area contributed by atoms with Crippen LogP contribution in [0.3, 0.4) is 0 Å². The molecule has 34 nitrogen and oxygen atoms in total. The number of benzene rings is 6. The predicted molar refractivity (Wildman–Crippen MR) is 290 cm³/mol. The third kappa shape index (κ3) is 14.4. The van der Waals surface area contributed by atoms with Crippen LogP contribution in [0.25, 0.3) is 10.8 Å². The number of nitrogen functional groups attached to an aromatic ring is 1. The number of hydrogen-bond donors (Lipinski definition) is 12. The second-order valence-corrected chi connectivity index (χ2v) is 26.1. The number of aromatic hydroxyl groups is 1. The molecule has 0 fully saturated rings. The van der Waals surface area contributed by atoms with E-state index in [1.165, 1.54) is 12.1 Å². The molecule has 0 bridgehead atoms. The Kier molecular flexibility index (Phi) is 17.1. The van der Waals surface area contributed by atoms with Crippen molar-refractivity contribution in [3.8, 4) is 5.75 Å². The van der Waals surface area contributed by atoms with Gasteiger partial charge in [0, 0.05) is 0 Å². The molecule has 84 heavy (non-hydrogen) atoms. The fraction of sp³-hybridized carbons (Fsp3) is 0. The Hall–Kier alpha value is -7.78. The molecule has 0 saturated heterocycles. The number of fused-ring (bicyclic) bond motifs is 1. The predicted octanol–water partition coefficient (Wildman–Crippen LogP) is 6.08. The molecule has 2 heterocycles. The Bertz CT molecular complexity index is 4930. The highest BCUT2D eigenvalue weighted by Crippen LogP contribution is 2.49. The van der Waals surface area contributed by atoms with E-state index in [1.54, 1.807) is 0 Å². The SMILES string of the molecule is Nc1c(N=Nc2cc(N=c3nc(Cl)[nH]c(=Nc4ccc(Cl)c(S(=O)(=O)O)c4)[nH]3)ccc2S(=O)(=O)O)c(S(=O)(=O)O)cc2cc(S(=O)(=O)O)c(N=Nc3cc(N=c4nc(Cl)[nH]c(=Nc5ccc(Cl)c(S(=O)(=O)O)c5)[nH]4)ccc3S(=O)(=O)O)c(O)c12. The number of rotatable bonds is 14. The molecule has 0 saturated carbocycles. The summed E-state index contributed by atoms with van der Waals surface area (Å²) in [6.07, 6.45) is 0. The molecule has 0 aliphatic heterocycles. The molecule has 0 amide bonds. The zero-order valence-corrected chi connectivity index (χ0v) is 48.0. The zero-order valence-electron chi connectivity index (χ0n) is 40.1. The Morgan fingerprint density at radius 1 is 0.405 bits per heavy atom. The van der Waals surface area contributed by atoms with Crippen molar-refractivity contribution in [2.24, 2.45) is 40.4 Å². The first kappa shape index (κ1) is 62.3. The summed E-state index contributed by atoms with van der Waals surface area (Å²) in [5, 5.41) is 23.4. The van der Waals surface area contributed by atoms with Crippen LogP contribution in [0.5, 0.6) is 5.75 Å². The van der Waals surface area contributed by atoms with Gasteiger partial charge < -0.3 is 20.8 Å². The maximum atomic E-state index is 12.9. The summed E-state index contributed by atoms with van der Waals surface area (Å²) in [5.41, 5.74) is -0.973. The number of phenols is 1. The van der Waals surface area contributed by atoms with Crippen LogP contribution < -0.4 is 28.2 Å². The van der Waals surface area contributed by atoms with Crippen LogP contribution in [0.15, 0.2) is 155 Å². The summed E-state index contributed by atoms with van der Waals surface area (Å²) >= 11 is 24.0. The van der Waals surface area contributed by atoms with Crippen LogP contribution in [-0.2, 0) is 60.7 Å². The summed E-state index contributed by atoms with van der Waals surface area (Å²) in [6, 6.07) is 12.4. The molecule has 0 aliphatic rings. The number of nitrogens with one attached hydrogen (secondary N) is 4. The summed E-state index contributed by atoms with van der Waals surface area (Å²) in [6.45, 7) is 0. The minimum Gasteiger partial charge on any atom is -0.505 e. The molecule has 0 spiro atoms. The Labute approximate surface area is 487 Å². The number of nitrogens with two attached hydrogens (primary N) is 1. The molecule has 440 valence electrons. The van der Waals surface area contributed by atoms with E-state index < -0.39 is 157 Å². The average Bonchev–Trinajstić information content (AvgIpc) is 1.86. The lowest BCUT2D eigenvalue weighted by atomic mass is 10.1. The van der Waals surface area contributed by atoms with Gasteiger partial charge in [0.05, 0.1) is 43.9 Å². The van der Waals surface area contributed by atoms with Crippen molar-refractivity contribution in [2.45, 2.75) is 29.4 Å². The van der Waals surface area contributed by atoms with Gasteiger partial charge in [-0.05, 0) is 114 Å². The van der Waals surface area contributed by atoms with E-state index in [0.717, 1.165) is 60.7 Å². The maximum Gasteiger partial charge on any atom is 0.296 e. The van der Waals surface area contributed by atoms with Gasteiger partial charge in [-0.25, -0.2) is 20.0 Å². The van der Waals surface area contributed by atoms with Crippen molar-refractivity contribution in [1.29, 1.82) is 0 Å². The second-order valence-electron chi connectivity index (χ2n) is 16.2. The second kappa shape index (κ2) is 23.0. The van der Waals surface area contributed by atoms with Crippen molar-refractivity contribution in [3.63, 3.8) is 0 Å². The number of anilines is 1. The molecule has 44 heteroatoms. The Morgan fingerprint density at radius 2 is 0.750 bits per heavy atom. The molecule has 0 aliphatic carbocycles. The standard InChI is InChI=1S/C40H27Cl4N15O19S6/c41-20-5-1-18(13-26(20)81(67,68)69)48-39-52-35(43)50-37(54-39)46-16-3-7-24(79(61,62)63)22(11-16)56-58-32-28(83(73,74)75)9-15-10-29(84(76,77)78)33(34(60)30(15)31(32)45)59-57-23-12-17(4-8-25(23)80(64,65)66)47-38-51-36(44)53-40(55-38)49-19-2-6-21(42)27(14-19)82(70,71)72/h1-14,60H,45H2,(H,61,62,63)(H,64,65,66)(H,67,68,69)(H,70,71,72)(H,73,74,75)(H,76,77,78)(H2,46,48,50,52,54)(H2,47,49,51,53,55). The zero-order chi connectivity index (χ0) is 61.8. The monoisotopic (exact) mass is 1350 g/mol. The first-order chi connectivity index (χ1) is 38.8. The largest absolute Gasteiger partial charge is 0.505 e. The van der Waals surface area contributed by atoms with Crippen LogP contribution in [0.2, 0.25) is 20.6 Å². The van der Waals surface area contributed by atoms with Gasteiger partial charge in [-0.3, -0.25) is 37.3 Å². The average molecular weight is 1360 g/mol. The quantitative estimate of drug-likeness (QED) is 0.0333. The van der Waals surface area contributed by atoms with Crippen LogP contribution >= 0.6 is 46.4 Å². The van der Waals surface area contributed by atoms with Gasteiger partial charge in [0.15, 0.2) is 5.75 Å². The third-order valence-corrected chi connectivity index (χ3v) is 17.0. The minimum absolute atomic E-state index is 0.110. The van der Waals surface area contributed by atoms with Gasteiger partial charge in [0.2, 0.25) is 33.0 Å². The van der Waals surface area contributed by atoms with Gasteiger partial charge in [-0.15, -0.1) is 20.5 Å². The summed E-state index contributed by atoms with van der Waals surface area (Å²) in [5.74, 6) is -1.40. The number of aromatic amines is 4.